The first-order valence-electron chi connectivity index (χ1n) is 14.7. The molecule has 0 amide bonds. The minimum Gasteiger partial charge on any atom is -0.393 e. The second-order valence-corrected chi connectivity index (χ2v) is 13.0. The molecule has 3 aliphatic heterocycles. The maximum atomic E-state index is 13.5. The second kappa shape index (κ2) is 8.68. The molecule has 3 heterocycles. The molecule has 0 aromatic rings. The van der Waals surface area contributed by atoms with E-state index in [4.69, 9.17) is 18.9 Å². The maximum Gasteiger partial charge on any atom is 0.284 e. The van der Waals surface area contributed by atoms with E-state index in [1.54, 1.807) is 13.0 Å². The molecule has 0 spiro atoms. The zero-order valence-electron chi connectivity index (χ0n) is 23.2. The van der Waals surface area contributed by atoms with Gasteiger partial charge in [-0.05, 0) is 43.8 Å². The number of aliphatic hydroxyl groups is 3. The summed E-state index contributed by atoms with van der Waals surface area (Å²) >= 11 is 0. The van der Waals surface area contributed by atoms with Gasteiger partial charge < -0.3 is 34.3 Å². The molecule has 5 fully saturated rings. The van der Waals surface area contributed by atoms with Gasteiger partial charge in [-0.25, -0.2) is 0 Å². The van der Waals surface area contributed by atoms with E-state index in [1.807, 2.05) is 6.92 Å². The Labute approximate surface area is 225 Å². The van der Waals surface area contributed by atoms with Gasteiger partial charge in [0.05, 0.1) is 12.2 Å². The number of unbranched alkanes of at least 4 members (excludes halogenated alkanes) is 6. The number of rotatable bonds is 10. The van der Waals surface area contributed by atoms with Crippen molar-refractivity contribution in [3.8, 4) is 0 Å². The number of hydrogen-bond acceptors (Lipinski definition) is 8. The van der Waals surface area contributed by atoms with Crippen LogP contribution < -0.4 is 0 Å². The molecule has 212 valence electrons. The minimum atomic E-state index is -2.18. The molecular formula is C30H44O8. The lowest BCUT2D eigenvalue weighted by Crippen LogP contribution is -2.72. The van der Waals surface area contributed by atoms with Crippen molar-refractivity contribution in [3.05, 3.63) is 23.8 Å². The van der Waals surface area contributed by atoms with Crippen LogP contribution in [0.3, 0.4) is 0 Å². The summed E-state index contributed by atoms with van der Waals surface area (Å²) in [5.41, 5.74) is -4.36. The molecule has 11 atom stereocenters. The van der Waals surface area contributed by atoms with Crippen LogP contribution in [0.4, 0.5) is 0 Å². The molecule has 11 unspecified atom stereocenters. The van der Waals surface area contributed by atoms with Gasteiger partial charge in [0.15, 0.2) is 11.4 Å². The van der Waals surface area contributed by atoms with Gasteiger partial charge in [0, 0.05) is 18.3 Å². The maximum absolute atomic E-state index is 13.5. The Morgan fingerprint density at radius 2 is 1.79 bits per heavy atom. The quantitative estimate of drug-likeness (QED) is 0.223. The van der Waals surface area contributed by atoms with E-state index in [9.17, 15) is 20.1 Å². The third kappa shape index (κ3) is 3.14. The van der Waals surface area contributed by atoms with Crippen LogP contribution in [0.2, 0.25) is 0 Å². The molecule has 8 nitrogen and oxygen atoms in total. The van der Waals surface area contributed by atoms with Crippen molar-refractivity contribution >= 4 is 5.78 Å². The number of fused-ring (bicyclic) bond motifs is 3. The fourth-order valence-corrected chi connectivity index (χ4v) is 8.83. The normalized spacial score (nSPS) is 51.8. The highest BCUT2D eigenvalue weighted by Crippen LogP contribution is 2.73. The number of ketones is 1. The minimum absolute atomic E-state index is 0.183. The lowest BCUT2D eigenvalue weighted by molar-refractivity contribution is -0.430. The number of carbonyl (C=O) groups is 1. The molecule has 3 saturated heterocycles. The first-order valence-corrected chi connectivity index (χ1v) is 14.7. The van der Waals surface area contributed by atoms with Crippen molar-refractivity contribution in [3.63, 3.8) is 0 Å². The third-order valence-corrected chi connectivity index (χ3v) is 10.8. The van der Waals surface area contributed by atoms with E-state index in [1.165, 1.54) is 25.7 Å². The van der Waals surface area contributed by atoms with Crippen LogP contribution >= 0.6 is 0 Å². The van der Waals surface area contributed by atoms with Gasteiger partial charge in [-0.3, -0.25) is 4.79 Å². The zero-order valence-corrected chi connectivity index (χ0v) is 23.2. The number of hydrogen-bond donors (Lipinski definition) is 3. The summed E-state index contributed by atoms with van der Waals surface area (Å²) in [4.78, 5) is 13.5. The van der Waals surface area contributed by atoms with Gasteiger partial charge in [-0.2, -0.15) is 0 Å². The summed E-state index contributed by atoms with van der Waals surface area (Å²) in [6.45, 7) is 11.7. The van der Waals surface area contributed by atoms with E-state index in [0.717, 1.165) is 24.8 Å². The Hall–Kier alpha value is -1.13. The van der Waals surface area contributed by atoms with Crippen molar-refractivity contribution in [2.24, 2.45) is 17.8 Å². The second-order valence-electron chi connectivity index (χ2n) is 13.0. The number of Topliss-reactive ketones (excluding diaryl/α,β-unsaturated/α-hetero) is 1. The smallest absolute Gasteiger partial charge is 0.284 e. The molecule has 0 aromatic heterocycles. The van der Waals surface area contributed by atoms with Crippen LogP contribution in [0.5, 0.6) is 0 Å². The van der Waals surface area contributed by atoms with E-state index >= 15 is 0 Å². The van der Waals surface area contributed by atoms with Crippen LogP contribution in [0, 0.1) is 17.8 Å². The summed E-state index contributed by atoms with van der Waals surface area (Å²) in [5.74, 6) is -3.38. The summed E-state index contributed by atoms with van der Waals surface area (Å²) in [5, 5.41) is 34.1. The van der Waals surface area contributed by atoms with E-state index in [-0.39, 0.29) is 5.92 Å². The highest BCUT2D eigenvalue weighted by molar-refractivity contribution is 6.05. The average Bonchev–Trinajstić information content (AvgIpc) is 3.52. The Morgan fingerprint density at radius 1 is 1.11 bits per heavy atom. The summed E-state index contributed by atoms with van der Waals surface area (Å²) in [6, 6.07) is 0. The number of epoxide rings is 1. The van der Waals surface area contributed by atoms with Crippen molar-refractivity contribution < 1.29 is 39.1 Å². The van der Waals surface area contributed by atoms with Crippen molar-refractivity contribution in [2.45, 2.75) is 132 Å². The highest BCUT2D eigenvalue weighted by Gasteiger charge is 2.88. The summed E-state index contributed by atoms with van der Waals surface area (Å²) in [7, 11) is 0. The Kier molecular flexibility index (Phi) is 6.18. The van der Waals surface area contributed by atoms with Gasteiger partial charge >= 0.3 is 0 Å². The monoisotopic (exact) mass is 532 g/mol. The fourth-order valence-electron chi connectivity index (χ4n) is 8.83. The first-order chi connectivity index (χ1) is 18.0. The van der Waals surface area contributed by atoms with Crippen LogP contribution in [-0.4, -0.2) is 74.4 Å². The molecule has 0 aromatic carbocycles. The van der Waals surface area contributed by atoms with Crippen molar-refractivity contribution in [1.82, 2.24) is 0 Å². The largest absolute Gasteiger partial charge is 0.393 e. The van der Waals surface area contributed by atoms with Gasteiger partial charge in [0.25, 0.3) is 5.97 Å². The Balaban J connectivity index is 1.41. The molecule has 2 saturated carbocycles. The SMILES string of the molecule is C=C(C)C12CC(C)C34OC(CCCCCCCCC)(OC1C3C1OC1(CO)C(O)C1(O)C(=O)C(C)=CC14)O2. The molecular weight excluding hydrogens is 488 g/mol. The predicted molar refractivity (Wildman–Crippen MR) is 138 cm³/mol. The predicted octanol–water partition coefficient (Wildman–Crippen LogP) is 3.32. The van der Waals surface area contributed by atoms with Gasteiger partial charge in [0.2, 0.25) is 0 Å². The van der Waals surface area contributed by atoms with E-state index in [0.29, 0.717) is 18.4 Å². The third-order valence-electron chi connectivity index (χ3n) is 10.8. The van der Waals surface area contributed by atoms with Gasteiger partial charge in [-0.15, -0.1) is 0 Å². The van der Waals surface area contributed by atoms with E-state index in [2.05, 4.69) is 20.4 Å². The van der Waals surface area contributed by atoms with Crippen LogP contribution in [0.1, 0.15) is 85.5 Å². The lowest BCUT2D eigenvalue weighted by atomic mass is 9.54. The Morgan fingerprint density at radius 3 is 2.45 bits per heavy atom. The summed E-state index contributed by atoms with van der Waals surface area (Å²) in [6.07, 6.45) is 7.99. The van der Waals surface area contributed by atoms with Gasteiger partial charge in [0.1, 0.15) is 29.5 Å². The molecule has 3 N–H and O–H groups in total. The molecule has 38 heavy (non-hydrogen) atoms. The fraction of sp³-hybridized carbons (Fsp3) is 0.833. The standard InChI is InChI=1S/C30H44O8/c1-6-7-8-9-10-11-12-13-28-36-23-21-24-27(16-31,35-24)25(33)29(34)20(14-18(4)22(29)32)30(21,38-28)19(5)15-26(23,37-28)17(2)3/h14,19-21,23-25,31,33-34H,2,6-13,15-16H2,1,3-5H3. The number of ether oxygens (including phenoxy) is 4. The molecule has 3 aliphatic carbocycles. The molecule has 6 rings (SSSR count). The van der Waals surface area contributed by atoms with Crippen LogP contribution in [-0.2, 0) is 23.7 Å². The van der Waals surface area contributed by atoms with Crippen LogP contribution in [0.25, 0.3) is 0 Å². The summed E-state index contributed by atoms with van der Waals surface area (Å²) < 4.78 is 26.7. The zero-order chi connectivity index (χ0) is 27.3. The average molecular weight is 533 g/mol. The Bertz CT molecular complexity index is 1060. The lowest BCUT2D eigenvalue weighted by Gasteiger charge is -2.59. The highest BCUT2D eigenvalue weighted by atomic mass is 16.9. The van der Waals surface area contributed by atoms with E-state index < -0.39 is 70.9 Å². The molecule has 6 aliphatic rings. The first kappa shape index (κ1) is 27.1. The van der Waals surface area contributed by atoms with Crippen molar-refractivity contribution in [2.75, 3.05) is 6.61 Å². The molecule has 8 heteroatoms. The van der Waals surface area contributed by atoms with Gasteiger partial charge in [-0.1, -0.05) is 65.0 Å². The molecule has 3 bridgehead atoms. The molecule has 0 radical (unpaired) electrons. The number of aliphatic hydroxyl groups excluding tert-OH is 2. The van der Waals surface area contributed by atoms with Crippen molar-refractivity contribution in [1.29, 1.82) is 0 Å². The number of carbonyl (C=O) groups excluding carboxylic acids is 1. The van der Waals surface area contributed by atoms with Crippen LogP contribution in [0.15, 0.2) is 23.8 Å². The topological polar surface area (TPSA) is 118 Å².